The Morgan fingerprint density at radius 1 is 1.19 bits per heavy atom. The Hall–Kier alpha value is -2.67. The molecule has 0 spiro atoms. The van der Waals surface area contributed by atoms with E-state index in [9.17, 15) is 9.59 Å². The van der Waals surface area contributed by atoms with Gasteiger partial charge in [-0.15, -0.1) is 0 Å². The fraction of sp³-hybridized carbons (Fsp3) is 0.316. The van der Waals surface area contributed by atoms with Crippen LogP contribution in [0.5, 0.6) is 0 Å². The highest BCUT2D eigenvalue weighted by molar-refractivity contribution is 7.13. The van der Waals surface area contributed by atoms with Crippen LogP contribution in [0.1, 0.15) is 33.5 Å². The zero-order valence-electron chi connectivity index (χ0n) is 15.1. The summed E-state index contributed by atoms with van der Waals surface area (Å²) in [5.41, 5.74) is 2.18. The number of fused-ring (bicyclic) bond motifs is 1. The smallest absolute Gasteiger partial charge is 0.271 e. The van der Waals surface area contributed by atoms with Crippen molar-refractivity contribution < 1.29 is 9.59 Å². The maximum absolute atomic E-state index is 12.4. The maximum Gasteiger partial charge on any atom is 0.271 e. The van der Waals surface area contributed by atoms with Gasteiger partial charge in [-0.25, -0.2) is 0 Å². The molecule has 0 saturated carbocycles. The van der Waals surface area contributed by atoms with Crippen LogP contribution in [0.25, 0.3) is 10.1 Å². The maximum atomic E-state index is 12.4. The summed E-state index contributed by atoms with van der Waals surface area (Å²) in [7, 11) is 1.83. The molecule has 136 valence electrons. The van der Waals surface area contributed by atoms with E-state index in [-0.39, 0.29) is 17.7 Å². The molecule has 0 fully saturated rings. The highest BCUT2D eigenvalue weighted by Crippen LogP contribution is 2.23. The lowest BCUT2D eigenvalue weighted by atomic mass is 10.1. The Morgan fingerprint density at radius 3 is 2.62 bits per heavy atom. The number of aryl methyl sites for hydroxylation is 2. The van der Waals surface area contributed by atoms with E-state index in [1.807, 2.05) is 51.4 Å². The fourth-order valence-electron chi connectivity index (χ4n) is 2.69. The summed E-state index contributed by atoms with van der Waals surface area (Å²) in [6.45, 7) is 4.93. The number of aromatic nitrogens is 2. The fourth-order valence-corrected chi connectivity index (χ4v) is 3.45. The van der Waals surface area contributed by atoms with Gasteiger partial charge in [0.25, 0.3) is 11.8 Å². The standard InChI is InChI=1S/C19H22N4O2S/c1-12-6-7-16-14(9-12)17(22-26-16)19(25)21-11-13(2)10-20-18(24)15-5-4-8-23(15)3/h4-9,13H,10-11H2,1-3H3,(H,20,24)(H,21,25). The topological polar surface area (TPSA) is 76.0 Å². The monoisotopic (exact) mass is 370 g/mol. The van der Waals surface area contributed by atoms with Gasteiger partial charge in [0.05, 0.1) is 4.70 Å². The van der Waals surface area contributed by atoms with Crippen molar-refractivity contribution in [2.75, 3.05) is 13.1 Å². The molecule has 0 aliphatic rings. The van der Waals surface area contributed by atoms with E-state index in [1.165, 1.54) is 11.5 Å². The molecule has 2 N–H and O–H groups in total. The first-order chi connectivity index (χ1) is 12.5. The van der Waals surface area contributed by atoms with Crippen LogP contribution >= 0.6 is 11.5 Å². The SMILES string of the molecule is Cc1ccc2snc(C(=O)NCC(C)CNC(=O)c3cccn3C)c2c1. The molecule has 2 heterocycles. The van der Waals surface area contributed by atoms with Gasteiger partial charge in [-0.1, -0.05) is 18.6 Å². The van der Waals surface area contributed by atoms with Gasteiger partial charge in [0.2, 0.25) is 0 Å². The molecule has 1 atom stereocenters. The van der Waals surface area contributed by atoms with Crippen molar-refractivity contribution in [1.82, 2.24) is 19.6 Å². The van der Waals surface area contributed by atoms with E-state index in [0.717, 1.165) is 15.6 Å². The molecule has 0 saturated heterocycles. The number of rotatable bonds is 6. The number of benzene rings is 1. The van der Waals surface area contributed by atoms with Crippen LogP contribution in [-0.2, 0) is 7.05 Å². The van der Waals surface area contributed by atoms with Crippen LogP contribution < -0.4 is 10.6 Å². The first-order valence-electron chi connectivity index (χ1n) is 8.49. The van der Waals surface area contributed by atoms with E-state index in [4.69, 9.17) is 0 Å². The Morgan fingerprint density at radius 2 is 1.92 bits per heavy atom. The van der Waals surface area contributed by atoms with Gasteiger partial charge in [0.15, 0.2) is 0 Å². The molecule has 0 radical (unpaired) electrons. The predicted molar refractivity (Wildman–Crippen MR) is 104 cm³/mol. The molecule has 7 heteroatoms. The molecule has 0 aliphatic carbocycles. The molecular formula is C19H22N4O2S. The molecule has 2 amide bonds. The number of nitrogens with one attached hydrogen (secondary N) is 2. The summed E-state index contributed by atoms with van der Waals surface area (Å²) in [6.07, 6.45) is 1.83. The molecule has 1 aromatic carbocycles. The van der Waals surface area contributed by atoms with Gasteiger partial charge in [0.1, 0.15) is 11.4 Å². The number of nitrogens with zero attached hydrogens (tertiary/aromatic N) is 2. The van der Waals surface area contributed by atoms with E-state index in [1.54, 1.807) is 10.6 Å². The highest BCUT2D eigenvalue weighted by Gasteiger charge is 2.16. The van der Waals surface area contributed by atoms with Gasteiger partial charge >= 0.3 is 0 Å². The Labute approximate surface area is 156 Å². The van der Waals surface area contributed by atoms with Crippen molar-refractivity contribution >= 4 is 33.4 Å². The molecular weight excluding hydrogens is 348 g/mol. The normalized spacial score (nSPS) is 12.1. The minimum absolute atomic E-state index is 0.106. The van der Waals surface area contributed by atoms with Crippen LogP contribution in [-0.4, -0.2) is 33.8 Å². The van der Waals surface area contributed by atoms with Crippen molar-refractivity contribution in [3.8, 4) is 0 Å². The van der Waals surface area contributed by atoms with Gasteiger partial charge in [-0.3, -0.25) is 9.59 Å². The molecule has 0 bridgehead atoms. The third-order valence-electron chi connectivity index (χ3n) is 4.24. The zero-order valence-corrected chi connectivity index (χ0v) is 15.9. The van der Waals surface area contributed by atoms with Crippen molar-refractivity contribution in [3.63, 3.8) is 0 Å². The van der Waals surface area contributed by atoms with Crippen LogP contribution in [0.3, 0.4) is 0 Å². The average molecular weight is 370 g/mol. The quantitative estimate of drug-likeness (QED) is 0.700. The predicted octanol–water partition coefficient (Wildman–Crippen LogP) is 2.74. The largest absolute Gasteiger partial charge is 0.350 e. The second kappa shape index (κ2) is 7.70. The van der Waals surface area contributed by atoms with Crippen LogP contribution in [0.2, 0.25) is 0 Å². The van der Waals surface area contributed by atoms with E-state index >= 15 is 0 Å². The molecule has 26 heavy (non-hydrogen) atoms. The molecule has 3 rings (SSSR count). The summed E-state index contributed by atoms with van der Waals surface area (Å²) in [6, 6.07) is 9.59. The van der Waals surface area contributed by atoms with Gasteiger partial charge in [0, 0.05) is 31.7 Å². The van der Waals surface area contributed by atoms with E-state index in [0.29, 0.717) is 24.5 Å². The number of carbonyl (C=O) groups is 2. The van der Waals surface area contributed by atoms with Crippen molar-refractivity contribution in [2.45, 2.75) is 13.8 Å². The zero-order chi connectivity index (χ0) is 18.7. The minimum atomic E-state index is -0.178. The summed E-state index contributed by atoms with van der Waals surface area (Å²) in [5.74, 6) is -0.186. The third kappa shape index (κ3) is 3.94. The first kappa shape index (κ1) is 18.1. The lowest BCUT2D eigenvalue weighted by Gasteiger charge is -2.13. The lowest BCUT2D eigenvalue weighted by molar-refractivity contribution is 0.0936. The summed E-state index contributed by atoms with van der Waals surface area (Å²) in [4.78, 5) is 24.6. The van der Waals surface area contributed by atoms with Crippen molar-refractivity contribution in [3.05, 3.63) is 53.5 Å². The first-order valence-corrected chi connectivity index (χ1v) is 9.27. The van der Waals surface area contributed by atoms with E-state index in [2.05, 4.69) is 15.0 Å². The summed E-state index contributed by atoms with van der Waals surface area (Å²) >= 11 is 1.33. The number of amides is 2. The van der Waals surface area contributed by atoms with Crippen molar-refractivity contribution in [2.24, 2.45) is 13.0 Å². The van der Waals surface area contributed by atoms with Crippen LogP contribution in [0.4, 0.5) is 0 Å². The van der Waals surface area contributed by atoms with Crippen molar-refractivity contribution in [1.29, 1.82) is 0 Å². The second-order valence-corrected chi connectivity index (χ2v) is 7.37. The Kier molecular flexibility index (Phi) is 5.37. The van der Waals surface area contributed by atoms with Crippen LogP contribution in [0.15, 0.2) is 36.5 Å². The highest BCUT2D eigenvalue weighted by atomic mass is 32.1. The Bertz CT molecular complexity index is 944. The molecule has 3 aromatic rings. The van der Waals surface area contributed by atoms with Gasteiger partial charge in [-0.2, -0.15) is 4.37 Å². The van der Waals surface area contributed by atoms with E-state index < -0.39 is 0 Å². The third-order valence-corrected chi connectivity index (χ3v) is 5.07. The van der Waals surface area contributed by atoms with Gasteiger partial charge < -0.3 is 15.2 Å². The second-order valence-electron chi connectivity index (χ2n) is 6.56. The number of carbonyl (C=O) groups excluding carboxylic acids is 2. The Balaban J connectivity index is 1.53. The van der Waals surface area contributed by atoms with Crippen LogP contribution in [0, 0.1) is 12.8 Å². The molecule has 0 aliphatic heterocycles. The average Bonchev–Trinajstić information content (AvgIpc) is 3.23. The van der Waals surface area contributed by atoms with Gasteiger partial charge in [-0.05, 0) is 48.6 Å². The lowest BCUT2D eigenvalue weighted by Crippen LogP contribution is -2.36. The summed E-state index contributed by atoms with van der Waals surface area (Å²) in [5, 5.41) is 6.70. The molecule has 1 unspecified atom stereocenters. The summed E-state index contributed by atoms with van der Waals surface area (Å²) < 4.78 is 7.07. The number of hydrogen-bond acceptors (Lipinski definition) is 4. The molecule has 6 nitrogen and oxygen atoms in total. The molecule has 2 aromatic heterocycles. The number of hydrogen-bond donors (Lipinski definition) is 2. The minimum Gasteiger partial charge on any atom is -0.350 e.